The van der Waals surface area contributed by atoms with Crippen molar-refractivity contribution in [3.63, 3.8) is 0 Å². The fourth-order valence-electron chi connectivity index (χ4n) is 3.34. The zero-order valence-corrected chi connectivity index (χ0v) is 13.1. The summed E-state index contributed by atoms with van der Waals surface area (Å²) in [5.74, 6) is 0.942. The van der Waals surface area contributed by atoms with Gasteiger partial charge in [0.1, 0.15) is 12.4 Å². The molecule has 1 N–H and O–H groups in total. The van der Waals surface area contributed by atoms with Crippen LogP contribution in [0, 0.1) is 5.92 Å². The van der Waals surface area contributed by atoms with Crippen LogP contribution in [0.4, 0.5) is 4.79 Å². The molecule has 0 spiro atoms. The summed E-state index contributed by atoms with van der Waals surface area (Å²) in [6.45, 7) is 3.45. The molecule has 1 aromatic rings. The molecule has 22 heavy (non-hydrogen) atoms. The highest BCUT2D eigenvalue weighted by atomic mass is 16.6. The number of nitrogens with zero attached hydrogens (tertiary/aromatic N) is 2. The molecule has 3 rings (SSSR count). The summed E-state index contributed by atoms with van der Waals surface area (Å²) in [6.07, 6.45) is 3.25. The molecule has 2 aliphatic rings. The lowest BCUT2D eigenvalue weighted by Crippen LogP contribution is -2.34. The number of phenolic OH excluding ortho intramolecular Hbond substituents is 1. The average Bonchev–Trinajstić information content (AvgIpc) is 2.89. The van der Waals surface area contributed by atoms with Gasteiger partial charge in [-0.1, -0.05) is 12.1 Å². The number of ether oxygens (including phenoxy) is 1. The first-order valence-corrected chi connectivity index (χ1v) is 8.04. The van der Waals surface area contributed by atoms with E-state index in [2.05, 4.69) is 11.9 Å². The molecule has 0 bridgehead atoms. The number of carbonyl (C=O) groups excluding carboxylic acids is 1. The van der Waals surface area contributed by atoms with Gasteiger partial charge in [0, 0.05) is 6.54 Å². The molecular formula is C17H24N2O3. The maximum atomic E-state index is 12.0. The van der Waals surface area contributed by atoms with Crippen LogP contribution in [0.3, 0.4) is 0 Å². The lowest BCUT2D eigenvalue weighted by atomic mass is 9.93. The third-order valence-electron chi connectivity index (χ3n) is 4.87. The number of hydrogen-bond acceptors (Lipinski definition) is 4. The van der Waals surface area contributed by atoms with Crippen molar-refractivity contribution < 1.29 is 14.6 Å². The largest absolute Gasteiger partial charge is 0.508 e. The topological polar surface area (TPSA) is 53.0 Å². The van der Waals surface area contributed by atoms with E-state index in [4.69, 9.17) is 4.74 Å². The number of likely N-dealkylation sites (tertiary alicyclic amines) is 1. The molecule has 120 valence electrons. The molecule has 2 fully saturated rings. The van der Waals surface area contributed by atoms with Gasteiger partial charge < -0.3 is 14.7 Å². The Balaban J connectivity index is 1.60. The summed E-state index contributed by atoms with van der Waals surface area (Å²) < 4.78 is 5.24. The number of amides is 1. The number of aromatic hydroxyl groups is 1. The van der Waals surface area contributed by atoms with Crippen LogP contribution in [0.5, 0.6) is 5.75 Å². The van der Waals surface area contributed by atoms with Crippen molar-refractivity contribution in [3.05, 3.63) is 29.8 Å². The Hall–Kier alpha value is -1.75. The summed E-state index contributed by atoms with van der Waals surface area (Å²) in [4.78, 5) is 16.2. The van der Waals surface area contributed by atoms with E-state index in [-0.39, 0.29) is 17.9 Å². The highest BCUT2D eigenvalue weighted by Gasteiger charge is 2.34. The summed E-state index contributed by atoms with van der Waals surface area (Å²) in [6, 6.07) is 7.02. The van der Waals surface area contributed by atoms with E-state index in [9.17, 15) is 9.90 Å². The maximum Gasteiger partial charge on any atom is 0.410 e. The minimum absolute atomic E-state index is 0.0284. The minimum Gasteiger partial charge on any atom is -0.508 e. The number of phenols is 1. The fraction of sp³-hybridized carbons (Fsp3) is 0.588. The van der Waals surface area contributed by atoms with Crippen LogP contribution < -0.4 is 0 Å². The normalized spacial score (nSPS) is 23.8. The fourth-order valence-corrected chi connectivity index (χ4v) is 3.34. The summed E-state index contributed by atoms with van der Waals surface area (Å²) in [7, 11) is 2.16. The van der Waals surface area contributed by atoms with E-state index in [1.807, 2.05) is 17.0 Å². The van der Waals surface area contributed by atoms with Crippen LogP contribution in [0.15, 0.2) is 24.3 Å². The van der Waals surface area contributed by atoms with Gasteiger partial charge in [0.05, 0.1) is 6.04 Å². The number of benzene rings is 1. The van der Waals surface area contributed by atoms with Gasteiger partial charge in [-0.05, 0) is 63.0 Å². The maximum absolute atomic E-state index is 12.0. The highest BCUT2D eigenvalue weighted by molar-refractivity contribution is 5.70. The van der Waals surface area contributed by atoms with Gasteiger partial charge in [0.25, 0.3) is 0 Å². The molecule has 2 saturated heterocycles. The average molecular weight is 304 g/mol. The van der Waals surface area contributed by atoms with Crippen molar-refractivity contribution >= 4 is 6.09 Å². The molecule has 0 radical (unpaired) electrons. The van der Waals surface area contributed by atoms with Crippen molar-refractivity contribution in [2.45, 2.75) is 25.3 Å². The first-order valence-electron chi connectivity index (χ1n) is 8.04. The van der Waals surface area contributed by atoms with E-state index in [0.717, 1.165) is 31.6 Å². The molecular weight excluding hydrogens is 280 g/mol. The van der Waals surface area contributed by atoms with E-state index in [1.54, 1.807) is 12.1 Å². The zero-order chi connectivity index (χ0) is 15.5. The molecule has 0 aliphatic carbocycles. The highest BCUT2D eigenvalue weighted by Crippen LogP contribution is 2.30. The molecule has 2 heterocycles. The molecule has 5 nitrogen and oxygen atoms in total. The van der Waals surface area contributed by atoms with Gasteiger partial charge in [-0.25, -0.2) is 4.79 Å². The van der Waals surface area contributed by atoms with Crippen LogP contribution in [0.1, 0.15) is 30.9 Å². The Labute approximate surface area is 131 Å². The monoisotopic (exact) mass is 304 g/mol. The number of hydrogen-bond donors (Lipinski definition) is 1. The molecule has 0 aromatic heterocycles. The lowest BCUT2D eigenvalue weighted by molar-refractivity contribution is 0.151. The number of cyclic esters (lactones) is 1. The second-order valence-electron chi connectivity index (χ2n) is 6.41. The van der Waals surface area contributed by atoms with E-state index < -0.39 is 0 Å². The van der Waals surface area contributed by atoms with Gasteiger partial charge in [-0.3, -0.25) is 4.90 Å². The Bertz CT molecular complexity index is 509. The molecule has 0 saturated carbocycles. The van der Waals surface area contributed by atoms with E-state index >= 15 is 0 Å². The Morgan fingerprint density at radius 2 is 1.91 bits per heavy atom. The molecule has 1 amide bonds. The van der Waals surface area contributed by atoms with Crippen LogP contribution in [-0.4, -0.2) is 54.3 Å². The molecule has 1 aromatic carbocycles. The molecule has 2 aliphatic heterocycles. The Morgan fingerprint density at radius 1 is 1.23 bits per heavy atom. The van der Waals surface area contributed by atoms with Crippen LogP contribution in [0.2, 0.25) is 0 Å². The van der Waals surface area contributed by atoms with E-state index in [1.165, 1.54) is 12.8 Å². The van der Waals surface area contributed by atoms with Crippen molar-refractivity contribution in [1.82, 2.24) is 9.80 Å². The molecule has 1 unspecified atom stereocenters. The number of carbonyl (C=O) groups is 1. The van der Waals surface area contributed by atoms with Crippen LogP contribution in [-0.2, 0) is 4.74 Å². The third-order valence-corrected chi connectivity index (χ3v) is 4.87. The van der Waals surface area contributed by atoms with Gasteiger partial charge in [0.2, 0.25) is 0 Å². The first-order chi connectivity index (χ1) is 10.6. The smallest absolute Gasteiger partial charge is 0.410 e. The predicted molar refractivity (Wildman–Crippen MR) is 83.7 cm³/mol. The number of piperidine rings is 1. The standard InChI is InChI=1S/C17H24N2O3/c1-18-9-6-13(7-10-18)8-11-19-16(12-22-17(19)21)14-2-4-15(20)5-3-14/h2-5,13,16,20H,6-12H2,1H3. The van der Waals surface area contributed by atoms with Crippen molar-refractivity contribution in [3.8, 4) is 5.75 Å². The van der Waals surface area contributed by atoms with Crippen molar-refractivity contribution in [2.75, 3.05) is 33.3 Å². The summed E-state index contributed by atoms with van der Waals surface area (Å²) in [5.41, 5.74) is 1.02. The zero-order valence-electron chi connectivity index (χ0n) is 13.1. The molecule has 5 heteroatoms. The number of rotatable bonds is 4. The Kier molecular flexibility index (Phi) is 4.52. The second-order valence-corrected chi connectivity index (χ2v) is 6.41. The summed E-state index contributed by atoms with van der Waals surface area (Å²) in [5, 5.41) is 9.40. The molecule has 1 atom stereocenters. The second kappa shape index (κ2) is 6.57. The van der Waals surface area contributed by atoms with Crippen LogP contribution >= 0.6 is 0 Å². The van der Waals surface area contributed by atoms with Gasteiger partial charge in [-0.15, -0.1) is 0 Å². The minimum atomic E-state index is -0.217. The first kappa shape index (κ1) is 15.2. The third kappa shape index (κ3) is 3.35. The SMILES string of the molecule is CN1CCC(CCN2C(=O)OCC2c2ccc(O)cc2)CC1. The van der Waals surface area contributed by atoms with E-state index in [0.29, 0.717) is 12.5 Å². The van der Waals surface area contributed by atoms with Crippen molar-refractivity contribution in [2.24, 2.45) is 5.92 Å². The Morgan fingerprint density at radius 3 is 2.59 bits per heavy atom. The lowest BCUT2D eigenvalue weighted by Gasteiger charge is -2.30. The van der Waals surface area contributed by atoms with Gasteiger partial charge in [0.15, 0.2) is 0 Å². The quantitative estimate of drug-likeness (QED) is 0.929. The van der Waals surface area contributed by atoms with Gasteiger partial charge >= 0.3 is 6.09 Å². The predicted octanol–water partition coefficient (Wildman–Crippen LogP) is 2.62. The summed E-state index contributed by atoms with van der Waals surface area (Å²) >= 11 is 0. The van der Waals surface area contributed by atoms with Crippen LogP contribution in [0.25, 0.3) is 0 Å². The van der Waals surface area contributed by atoms with Gasteiger partial charge in [-0.2, -0.15) is 0 Å². The van der Waals surface area contributed by atoms with Crippen molar-refractivity contribution in [1.29, 1.82) is 0 Å².